The van der Waals surface area contributed by atoms with Crippen LogP contribution >= 0.6 is 0 Å². The van der Waals surface area contributed by atoms with Crippen molar-refractivity contribution in [3.8, 4) is 28.1 Å². The summed E-state index contributed by atoms with van der Waals surface area (Å²) in [7, 11) is 1.36. The molecule has 0 aliphatic rings. The van der Waals surface area contributed by atoms with Gasteiger partial charge in [-0.1, -0.05) is 18.2 Å². The molecule has 0 spiro atoms. The van der Waals surface area contributed by atoms with Gasteiger partial charge in [-0.25, -0.2) is 9.37 Å². The summed E-state index contributed by atoms with van der Waals surface area (Å²) in [5.41, 5.74) is 4.38. The molecule has 1 amide bonds. The number of carbonyl (C=O) groups is 1. The molecule has 0 fully saturated rings. The molecule has 0 aliphatic carbocycles. The summed E-state index contributed by atoms with van der Waals surface area (Å²) >= 11 is 0. The fourth-order valence-electron chi connectivity index (χ4n) is 2.85. The van der Waals surface area contributed by atoms with Gasteiger partial charge in [0.15, 0.2) is 6.61 Å². The van der Waals surface area contributed by atoms with Crippen molar-refractivity contribution in [3.63, 3.8) is 0 Å². The fraction of sp³-hybridized carbons (Fsp3) is 0.190. The number of benzene rings is 2. The number of carbonyl (C=O) groups excluding carboxylic acids is 1. The Morgan fingerprint density at radius 2 is 1.76 bits per heavy atom. The van der Waals surface area contributed by atoms with Gasteiger partial charge in [-0.05, 0) is 29.8 Å². The second-order valence-electron chi connectivity index (χ2n) is 6.97. The molecular weight excluding hydrogens is 456 g/mol. The molecule has 2 N–H and O–H groups in total. The average molecular weight is 471 g/mol. The van der Waals surface area contributed by atoms with Crippen LogP contribution in [0.4, 0.5) is 26.3 Å². The van der Waals surface area contributed by atoms with E-state index in [9.17, 15) is 35.9 Å². The maximum absolute atomic E-state index is 13.9. The number of nitrogens with two attached hydrogens (primary N) is 1. The van der Waals surface area contributed by atoms with E-state index in [0.717, 1.165) is 29.0 Å². The standard InChI is InChI=1S/C21H15F6N3O3/c1-30-9-15(18(28)31)29-17(19(30)32)12-4-2-3-11(7-12)14-8-13(22)5-6-16(14)33-10-20(23,24)21(25,26)27/h2-9H,10H2,1H3,(H2,28,31). The van der Waals surface area contributed by atoms with Gasteiger partial charge in [0.1, 0.15) is 23.0 Å². The molecule has 12 heteroatoms. The van der Waals surface area contributed by atoms with Crippen molar-refractivity contribution in [2.45, 2.75) is 12.1 Å². The third-order valence-corrected chi connectivity index (χ3v) is 4.54. The van der Waals surface area contributed by atoms with Gasteiger partial charge in [0.05, 0.1) is 0 Å². The topological polar surface area (TPSA) is 87.2 Å². The van der Waals surface area contributed by atoms with Gasteiger partial charge >= 0.3 is 12.1 Å². The molecule has 3 rings (SSSR count). The maximum atomic E-state index is 13.9. The third-order valence-electron chi connectivity index (χ3n) is 4.54. The molecule has 0 aliphatic heterocycles. The number of alkyl halides is 5. The van der Waals surface area contributed by atoms with Crippen LogP contribution in [0.5, 0.6) is 5.75 Å². The number of hydrogen-bond donors (Lipinski definition) is 1. The number of nitrogens with zero attached hydrogens (tertiary/aromatic N) is 2. The predicted octanol–water partition coefficient (Wildman–Crippen LogP) is 3.93. The molecule has 1 aromatic heterocycles. The van der Waals surface area contributed by atoms with Crippen LogP contribution in [0.15, 0.2) is 53.5 Å². The van der Waals surface area contributed by atoms with Gasteiger partial charge in [0.2, 0.25) is 0 Å². The highest BCUT2D eigenvalue weighted by atomic mass is 19.4. The highest BCUT2D eigenvalue weighted by Crippen LogP contribution is 2.38. The van der Waals surface area contributed by atoms with Crippen molar-refractivity contribution in [2.24, 2.45) is 12.8 Å². The van der Waals surface area contributed by atoms with Crippen LogP contribution in [0.1, 0.15) is 10.5 Å². The van der Waals surface area contributed by atoms with E-state index in [2.05, 4.69) is 4.98 Å². The van der Waals surface area contributed by atoms with E-state index in [1.165, 1.54) is 31.3 Å². The Morgan fingerprint density at radius 1 is 1.09 bits per heavy atom. The lowest BCUT2D eigenvalue weighted by molar-refractivity contribution is -0.289. The van der Waals surface area contributed by atoms with Crippen molar-refractivity contribution >= 4 is 5.91 Å². The van der Waals surface area contributed by atoms with Gasteiger partial charge in [0.25, 0.3) is 11.5 Å². The third kappa shape index (κ3) is 4.99. The molecule has 0 saturated heterocycles. The Kier molecular flexibility index (Phi) is 6.21. The lowest BCUT2D eigenvalue weighted by Crippen LogP contribution is -2.41. The second kappa shape index (κ2) is 8.60. The van der Waals surface area contributed by atoms with Crippen LogP contribution in [0, 0.1) is 5.82 Å². The molecule has 3 aromatic rings. The number of primary amides is 1. The second-order valence-corrected chi connectivity index (χ2v) is 6.97. The van der Waals surface area contributed by atoms with Gasteiger partial charge in [0, 0.05) is 24.4 Å². The highest BCUT2D eigenvalue weighted by molar-refractivity contribution is 5.91. The number of halogens is 6. The Balaban J connectivity index is 2.07. The molecule has 0 unspecified atom stereocenters. The van der Waals surface area contributed by atoms with E-state index in [0.29, 0.717) is 0 Å². The van der Waals surface area contributed by atoms with Gasteiger partial charge in [-0.3, -0.25) is 9.59 Å². The predicted molar refractivity (Wildman–Crippen MR) is 105 cm³/mol. The smallest absolute Gasteiger partial charge is 0.456 e. The highest BCUT2D eigenvalue weighted by Gasteiger charge is 2.58. The van der Waals surface area contributed by atoms with Crippen LogP contribution in [-0.4, -0.2) is 34.2 Å². The van der Waals surface area contributed by atoms with Crippen molar-refractivity contribution in [2.75, 3.05) is 6.61 Å². The molecule has 0 radical (unpaired) electrons. The summed E-state index contributed by atoms with van der Waals surface area (Å²) < 4.78 is 83.6. The molecule has 0 atom stereocenters. The molecule has 2 aromatic carbocycles. The van der Waals surface area contributed by atoms with E-state index >= 15 is 0 Å². The van der Waals surface area contributed by atoms with E-state index in [-0.39, 0.29) is 28.1 Å². The van der Waals surface area contributed by atoms with Crippen LogP contribution in [-0.2, 0) is 7.05 Å². The first-order chi connectivity index (χ1) is 15.3. The van der Waals surface area contributed by atoms with Gasteiger partial charge in [-0.15, -0.1) is 0 Å². The number of amides is 1. The molecule has 174 valence electrons. The minimum absolute atomic E-state index is 0.130. The minimum Gasteiger partial charge on any atom is -0.486 e. The van der Waals surface area contributed by atoms with E-state index in [4.69, 9.17) is 10.5 Å². The van der Waals surface area contributed by atoms with E-state index in [1.807, 2.05) is 0 Å². The zero-order valence-corrected chi connectivity index (χ0v) is 16.8. The average Bonchev–Trinajstić information content (AvgIpc) is 2.73. The molecule has 0 saturated carbocycles. The number of aromatic nitrogens is 2. The number of ether oxygens (including phenoxy) is 1. The molecule has 0 bridgehead atoms. The zero-order chi connectivity index (χ0) is 24.6. The Hall–Kier alpha value is -3.83. The Morgan fingerprint density at radius 3 is 2.39 bits per heavy atom. The zero-order valence-electron chi connectivity index (χ0n) is 16.8. The van der Waals surface area contributed by atoms with Crippen LogP contribution in [0.2, 0.25) is 0 Å². The summed E-state index contributed by atoms with van der Waals surface area (Å²) in [4.78, 5) is 27.9. The Bertz CT molecular complexity index is 1270. The van der Waals surface area contributed by atoms with Crippen molar-refractivity contribution in [1.29, 1.82) is 0 Å². The van der Waals surface area contributed by atoms with Crippen LogP contribution < -0.4 is 16.0 Å². The first kappa shape index (κ1) is 23.8. The number of rotatable bonds is 6. The molecule has 6 nitrogen and oxygen atoms in total. The molecule has 1 heterocycles. The summed E-state index contributed by atoms with van der Waals surface area (Å²) in [6.07, 6.45) is -4.69. The SMILES string of the molecule is Cn1cc(C(N)=O)nc(-c2cccc(-c3cc(F)ccc3OCC(F)(F)C(F)(F)F)c2)c1=O. The fourth-order valence-corrected chi connectivity index (χ4v) is 2.85. The van der Waals surface area contributed by atoms with Crippen LogP contribution in [0.25, 0.3) is 22.4 Å². The van der Waals surface area contributed by atoms with E-state index < -0.39 is 41.7 Å². The quantitative estimate of drug-likeness (QED) is 0.552. The summed E-state index contributed by atoms with van der Waals surface area (Å²) in [6, 6.07) is 8.20. The number of aryl methyl sites for hydroxylation is 1. The van der Waals surface area contributed by atoms with Gasteiger partial charge in [-0.2, -0.15) is 22.0 Å². The first-order valence-electron chi connectivity index (χ1n) is 9.15. The summed E-state index contributed by atoms with van der Waals surface area (Å²) in [6.45, 7) is -2.02. The van der Waals surface area contributed by atoms with Gasteiger partial charge < -0.3 is 15.0 Å². The van der Waals surface area contributed by atoms with E-state index in [1.54, 1.807) is 0 Å². The first-order valence-corrected chi connectivity index (χ1v) is 9.15. The summed E-state index contributed by atoms with van der Waals surface area (Å²) in [5.74, 6) is -7.28. The monoisotopic (exact) mass is 471 g/mol. The van der Waals surface area contributed by atoms with Crippen LogP contribution in [0.3, 0.4) is 0 Å². The largest absolute Gasteiger partial charge is 0.486 e. The van der Waals surface area contributed by atoms with Crippen molar-refractivity contribution in [1.82, 2.24) is 9.55 Å². The van der Waals surface area contributed by atoms with Crippen molar-refractivity contribution in [3.05, 3.63) is 70.5 Å². The molecule has 33 heavy (non-hydrogen) atoms. The van der Waals surface area contributed by atoms with Crippen molar-refractivity contribution < 1.29 is 35.9 Å². The molecular formula is C21H15F6N3O3. The normalized spacial score (nSPS) is 12.0. The lowest BCUT2D eigenvalue weighted by Gasteiger charge is -2.21. The minimum atomic E-state index is -5.83. The Labute approximate surface area is 182 Å². The number of hydrogen-bond acceptors (Lipinski definition) is 4. The maximum Gasteiger partial charge on any atom is 0.456 e. The summed E-state index contributed by atoms with van der Waals surface area (Å²) in [5, 5.41) is 0. The lowest BCUT2D eigenvalue weighted by atomic mass is 10.0.